The Labute approximate surface area is 186 Å². The number of pyridine rings is 1. The Morgan fingerprint density at radius 1 is 0.938 bits per heavy atom. The number of benzene rings is 2. The number of hydrogen-bond acceptors (Lipinski definition) is 5. The lowest BCUT2D eigenvalue weighted by Crippen LogP contribution is -2.20. The van der Waals surface area contributed by atoms with Crippen molar-refractivity contribution in [1.29, 1.82) is 0 Å². The average Bonchev–Trinajstić information content (AvgIpc) is 3.15. The second-order valence-corrected chi connectivity index (χ2v) is 7.16. The summed E-state index contributed by atoms with van der Waals surface area (Å²) < 4.78 is 18.2. The molecule has 0 spiro atoms. The third kappa shape index (κ3) is 4.67. The zero-order valence-electron chi connectivity index (χ0n) is 18.3. The van der Waals surface area contributed by atoms with E-state index in [1.165, 1.54) is 0 Å². The Morgan fingerprint density at radius 2 is 1.59 bits per heavy atom. The largest absolute Gasteiger partial charge is 0.497 e. The summed E-state index contributed by atoms with van der Waals surface area (Å²) in [6.07, 6.45) is 1.86. The van der Waals surface area contributed by atoms with Gasteiger partial charge in [0.1, 0.15) is 22.9 Å². The fraction of sp³-hybridized carbons (Fsp3) is 0.200. The summed E-state index contributed by atoms with van der Waals surface area (Å²) >= 11 is 0. The van der Waals surface area contributed by atoms with Crippen molar-refractivity contribution < 1.29 is 19.0 Å². The number of methoxy groups -OCH3 is 1. The number of fused-ring (bicyclic) bond motifs is 1. The number of nitrogens with one attached hydrogen (secondary N) is 1. The van der Waals surface area contributed by atoms with Gasteiger partial charge in [0.25, 0.3) is 5.91 Å². The van der Waals surface area contributed by atoms with E-state index in [1.807, 2.05) is 73.0 Å². The Bertz CT molecular complexity index is 1210. The van der Waals surface area contributed by atoms with E-state index in [-0.39, 0.29) is 12.5 Å². The van der Waals surface area contributed by atoms with Gasteiger partial charge in [0.15, 0.2) is 6.61 Å². The predicted octanol–water partition coefficient (Wildman–Crippen LogP) is 4.73. The maximum Gasteiger partial charge on any atom is 0.262 e. The van der Waals surface area contributed by atoms with Crippen LogP contribution in [-0.2, 0) is 4.79 Å². The normalized spacial score (nSPS) is 10.7. The van der Waals surface area contributed by atoms with Gasteiger partial charge in [-0.25, -0.2) is 4.98 Å². The molecule has 0 saturated heterocycles. The number of aromatic nitrogens is 2. The molecule has 0 atom stereocenters. The first-order valence-corrected chi connectivity index (χ1v) is 10.4. The molecule has 2 aromatic carbocycles. The molecule has 2 aromatic heterocycles. The number of rotatable bonds is 8. The van der Waals surface area contributed by atoms with Gasteiger partial charge in [0.2, 0.25) is 0 Å². The van der Waals surface area contributed by atoms with E-state index in [4.69, 9.17) is 19.2 Å². The van der Waals surface area contributed by atoms with E-state index in [0.29, 0.717) is 18.0 Å². The van der Waals surface area contributed by atoms with E-state index < -0.39 is 0 Å². The van der Waals surface area contributed by atoms with Crippen LogP contribution in [0.3, 0.4) is 0 Å². The lowest BCUT2D eigenvalue weighted by molar-refractivity contribution is -0.118. The van der Waals surface area contributed by atoms with Crippen LogP contribution in [0.25, 0.3) is 16.9 Å². The molecule has 4 rings (SSSR count). The number of aryl methyl sites for hydroxylation is 1. The quantitative estimate of drug-likeness (QED) is 0.436. The summed E-state index contributed by atoms with van der Waals surface area (Å²) in [5.41, 5.74) is 4.33. The van der Waals surface area contributed by atoms with Crippen LogP contribution in [0.5, 0.6) is 17.2 Å². The molecule has 0 unspecified atom stereocenters. The molecule has 32 heavy (non-hydrogen) atoms. The van der Waals surface area contributed by atoms with Gasteiger partial charge in [-0.15, -0.1) is 0 Å². The van der Waals surface area contributed by atoms with Crippen molar-refractivity contribution in [3.8, 4) is 28.5 Å². The summed E-state index contributed by atoms with van der Waals surface area (Å²) in [7, 11) is 1.64. The van der Waals surface area contributed by atoms with Crippen molar-refractivity contribution in [2.24, 2.45) is 0 Å². The molecule has 0 radical (unpaired) electrons. The van der Waals surface area contributed by atoms with E-state index in [9.17, 15) is 4.79 Å². The molecular formula is C25H25N3O4. The standard InChI is InChI=1S/C25H25N3O4/c1-4-31-21-10-12-22(13-11-21)32-16-24(29)26-19-7-14-23-27-25(17(2)28(23)15-19)18-5-8-20(30-3)9-6-18/h5-15H,4,16H2,1-3H3,(H,26,29). The zero-order chi connectivity index (χ0) is 22.5. The topological polar surface area (TPSA) is 74.1 Å². The van der Waals surface area contributed by atoms with Crippen molar-refractivity contribution in [3.05, 3.63) is 72.6 Å². The van der Waals surface area contributed by atoms with E-state index >= 15 is 0 Å². The number of hydrogen-bond donors (Lipinski definition) is 1. The molecule has 4 aromatic rings. The lowest BCUT2D eigenvalue weighted by atomic mass is 10.1. The minimum Gasteiger partial charge on any atom is -0.497 e. The lowest BCUT2D eigenvalue weighted by Gasteiger charge is -2.09. The second kappa shape index (κ2) is 9.43. The van der Waals surface area contributed by atoms with Crippen molar-refractivity contribution in [2.45, 2.75) is 13.8 Å². The summed E-state index contributed by atoms with van der Waals surface area (Å²) in [5.74, 6) is 1.93. The molecule has 7 heteroatoms. The van der Waals surface area contributed by atoms with Gasteiger partial charge >= 0.3 is 0 Å². The second-order valence-electron chi connectivity index (χ2n) is 7.16. The van der Waals surface area contributed by atoms with Gasteiger partial charge in [-0.3, -0.25) is 4.79 Å². The fourth-order valence-corrected chi connectivity index (χ4v) is 3.40. The summed E-state index contributed by atoms with van der Waals surface area (Å²) in [6.45, 7) is 4.44. The zero-order valence-corrected chi connectivity index (χ0v) is 18.3. The summed E-state index contributed by atoms with van der Waals surface area (Å²) in [4.78, 5) is 17.1. The molecular weight excluding hydrogens is 406 g/mol. The third-order valence-corrected chi connectivity index (χ3v) is 5.01. The molecule has 0 aliphatic heterocycles. The summed E-state index contributed by atoms with van der Waals surface area (Å²) in [5, 5.41) is 2.87. The minimum atomic E-state index is -0.244. The maximum atomic E-state index is 12.4. The number of imidazole rings is 1. The number of anilines is 1. The van der Waals surface area contributed by atoms with Crippen molar-refractivity contribution in [1.82, 2.24) is 9.38 Å². The first-order valence-electron chi connectivity index (χ1n) is 10.4. The molecule has 7 nitrogen and oxygen atoms in total. The Balaban J connectivity index is 1.43. The van der Waals surface area contributed by atoms with Crippen LogP contribution in [0.2, 0.25) is 0 Å². The fourth-order valence-electron chi connectivity index (χ4n) is 3.40. The smallest absolute Gasteiger partial charge is 0.262 e. The van der Waals surface area contributed by atoms with Gasteiger partial charge in [0, 0.05) is 17.5 Å². The van der Waals surface area contributed by atoms with Crippen LogP contribution in [-0.4, -0.2) is 35.6 Å². The first kappa shape index (κ1) is 21.2. The van der Waals surface area contributed by atoms with Crippen molar-refractivity contribution in [3.63, 3.8) is 0 Å². The maximum absolute atomic E-state index is 12.4. The van der Waals surface area contributed by atoms with Crippen LogP contribution in [0, 0.1) is 6.92 Å². The van der Waals surface area contributed by atoms with Crippen LogP contribution >= 0.6 is 0 Å². The molecule has 164 valence electrons. The van der Waals surface area contributed by atoms with Crippen LogP contribution in [0.1, 0.15) is 12.6 Å². The van der Waals surface area contributed by atoms with E-state index in [2.05, 4.69) is 5.32 Å². The molecule has 2 heterocycles. The molecule has 0 saturated carbocycles. The third-order valence-electron chi connectivity index (χ3n) is 5.01. The Morgan fingerprint density at radius 3 is 2.25 bits per heavy atom. The Kier molecular flexibility index (Phi) is 6.26. The Hall–Kier alpha value is -4.00. The minimum absolute atomic E-state index is 0.0912. The number of carbonyl (C=O) groups excluding carboxylic acids is 1. The highest BCUT2D eigenvalue weighted by atomic mass is 16.5. The van der Waals surface area contributed by atoms with Gasteiger partial charge in [0.05, 0.1) is 25.1 Å². The number of ether oxygens (including phenoxy) is 3. The number of carbonyl (C=O) groups is 1. The predicted molar refractivity (Wildman–Crippen MR) is 124 cm³/mol. The van der Waals surface area contributed by atoms with Gasteiger partial charge < -0.3 is 23.9 Å². The molecule has 0 aliphatic carbocycles. The van der Waals surface area contributed by atoms with Crippen LogP contribution in [0.15, 0.2) is 66.9 Å². The highest BCUT2D eigenvalue weighted by Gasteiger charge is 2.12. The van der Waals surface area contributed by atoms with E-state index in [0.717, 1.165) is 34.1 Å². The SMILES string of the molecule is CCOc1ccc(OCC(=O)Nc2ccc3nc(-c4ccc(OC)cc4)c(C)n3c2)cc1. The van der Waals surface area contributed by atoms with E-state index in [1.54, 1.807) is 19.2 Å². The molecule has 1 amide bonds. The van der Waals surface area contributed by atoms with Crippen LogP contribution < -0.4 is 19.5 Å². The molecule has 1 N–H and O–H groups in total. The first-order chi connectivity index (χ1) is 15.6. The van der Waals surface area contributed by atoms with Gasteiger partial charge in [-0.05, 0) is 74.5 Å². The highest BCUT2D eigenvalue weighted by molar-refractivity contribution is 5.92. The van der Waals surface area contributed by atoms with Gasteiger partial charge in [-0.1, -0.05) is 0 Å². The highest BCUT2D eigenvalue weighted by Crippen LogP contribution is 2.26. The number of nitrogens with zero attached hydrogens (tertiary/aromatic N) is 2. The van der Waals surface area contributed by atoms with Gasteiger partial charge in [-0.2, -0.15) is 0 Å². The molecule has 0 bridgehead atoms. The monoisotopic (exact) mass is 431 g/mol. The average molecular weight is 431 g/mol. The van der Waals surface area contributed by atoms with Crippen molar-refractivity contribution in [2.75, 3.05) is 25.6 Å². The summed E-state index contributed by atoms with van der Waals surface area (Å²) in [6, 6.07) is 18.7. The van der Waals surface area contributed by atoms with Crippen LogP contribution in [0.4, 0.5) is 5.69 Å². The molecule has 0 aliphatic rings. The van der Waals surface area contributed by atoms with Crippen molar-refractivity contribution >= 4 is 17.2 Å². The molecule has 0 fully saturated rings. The number of amides is 1.